The highest BCUT2D eigenvalue weighted by Gasteiger charge is 2.33. The lowest BCUT2D eigenvalue weighted by molar-refractivity contribution is 0.0951. The summed E-state index contributed by atoms with van der Waals surface area (Å²) in [7, 11) is 3.83. The molecule has 0 fully saturated rings. The Kier molecular flexibility index (Phi) is 5.55. The topological polar surface area (TPSA) is 40.6 Å². The molecule has 0 N–H and O–H groups in total. The maximum absolute atomic E-state index is 12.8. The highest BCUT2D eigenvalue weighted by Crippen LogP contribution is 2.29. The largest absolute Gasteiger partial charge is 0.369 e. The molecule has 0 saturated heterocycles. The lowest BCUT2D eigenvalue weighted by Gasteiger charge is -2.28. The van der Waals surface area contributed by atoms with Gasteiger partial charge in [0.2, 0.25) is 11.6 Å². The Morgan fingerprint density at radius 2 is 1.38 bits per heavy atom. The predicted octanol–water partition coefficient (Wildman–Crippen LogP) is 3.58. The summed E-state index contributed by atoms with van der Waals surface area (Å²) in [6.45, 7) is 2.15. The maximum Gasteiger partial charge on any atom is 0.211 e. The third-order valence-corrected chi connectivity index (χ3v) is 4.88. The van der Waals surface area contributed by atoms with Crippen LogP contribution in [0.1, 0.15) is 26.3 Å². The van der Waals surface area contributed by atoms with Crippen molar-refractivity contribution in [2.75, 3.05) is 27.2 Å². The molecule has 134 valence electrons. The number of rotatable bonds is 6. The van der Waals surface area contributed by atoms with Crippen LogP contribution >= 0.6 is 11.6 Å². The summed E-state index contributed by atoms with van der Waals surface area (Å²) in [6.07, 6.45) is 0. The average Bonchev–Trinajstić information content (AvgIpc) is 2.65. The standard InChI is InChI=1S/C21H21ClN2O2/c1-23(14-15-8-4-3-5-9-15)12-13-24(2)19-18(22)20(25)16-10-6-7-11-17(16)21(19)26/h3-11H,12-14H2,1-2H3. The van der Waals surface area contributed by atoms with Gasteiger partial charge in [-0.2, -0.15) is 0 Å². The summed E-state index contributed by atoms with van der Waals surface area (Å²) in [5, 5.41) is 0.00177. The average molecular weight is 369 g/mol. The number of likely N-dealkylation sites (N-methyl/N-ethyl adjacent to an activating group) is 2. The van der Waals surface area contributed by atoms with Crippen LogP contribution in [0.4, 0.5) is 0 Å². The number of Topliss-reactive ketones (excluding diaryl/α,β-unsaturated/α-hetero) is 2. The minimum atomic E-state index is -0.290. The van der Waals surface area contributed by atoms with Crippen LogP contribution in [-0.4, -0.2) is 48.6 Å². The van der Waals surface area contributed by atoms with Crippen molar-refractivity contribution in [1.82, 2.24) is 9.80 Å². The van der Waals surface area contributed by atoms with Crippen LogP contribution in [0.3, 0.4) is 0 Å². The number of nitrogens with zero attached hydrogens (tertiary/aromatic N) is 2. The Labute approximate surface area is 158 Å². The van der Waals surface area contributed by atoms with Gasteiger partial charge in [-0.1, -0.05) is 66.2 Å². The molecule has 0 saturated carbocycles. The van der Waals surface area contributed by atoms with Crippen molar-refractivity contribution in [1.29, 1.82) is 0 Å². The first kappa shape index (κ1) is 18.4. The summed E-state index contributed by atoms with van der Waals surface area (Å²) in [5.74, 6) is -0.486. The first-order valence-corrected chi connectivity index (χ1v) is 8.88. The second kappa shape index (κ2) is 7.85. The molecule has 0 unspecified atom stereocenters. The van der Waals surface area contributed by atoms with E-state index in [2.05, 4.69) is 17.0 Å². The summed E-state index contributed by atoms with van der Waals surface area (Å²) in [4.78, 5) is 29.2. The number of carbonyl (C=O) groups excluding carboxylic acids is 2. The van der Waals surface area contributed by atoms with Gasteiger partial charge in [-0.15, -0.1) is 0 Å². The molecule has 0 radical (unpaired) electrons. The maximum atomic E-state index is 12.8. The fourth-order valence-corrected chi connectivity index (χ4v) is 3.41. The second-order valence-electron chi connectivity index (χ2n) is 6.51. The van der Waals surface area contributed by atoms with Gasteiger partial charge in [0.25, 0.3) is 0 Å². The Balaban J connectivity index is 1.69. The summed E-state index contributed by atoms with van der Waals surface area (Å²) in [5.41, 5.74) is 2.30. The molecule has 0 atom stereocenters. The molecule has 0 aromatic heterocycles. The van der Waals surface area contributed by atoms with Crippen molar-refractivity contribution >= 4 is 23.2 Å². The van der Waals surface area contributed by atoms with E-state index in [0.29, 0.717) is 17.7 Å². The minimum absolute atomic E-state index is 0.00177. The SMILES string of the molecule is CN(CCN(C)C1=C(Cl)C(=O)c2ccccc2C1=O)Cc1ccccc1. The van der Waals surface area contributed by atoms with Gasteiger partial charge in [-0.3, -0.25) is 9.59 Å². The van der Waals surface area contributed by atoms with Crippen molar-refractivity contribution in [2.45, 2.75) is 6.54 Å². The molecule has 0 spiro atoms. The molecule has 0 heterocycles. The fraction of sp³-hybridized carbons (Fsp3) is 0.238. The van der Waals surface area contributed by atoms with Crippen LogP contribution in [0.15, 0.2) is 65.3 Å². The molecule has 4 nitrogen and oxygen atoms in total. The highest BCUT2D eigenvalue weighted by atomic mass is 35.5. The van der Waals surface area contributed by atoms with Gasteiger partial charge in [0.1, 0.15) is 10.7 Å². The second-order valence-corrected chi connectivity index (χ2v) is 6.89. The predicted molar refractivity (Wildman–Crippen MR) is 103 cm³/mol. The Morgan fingerprint density at radius 3 is 2.04 bits per heavy atom. The molecule has 0 aliphatic heterocycles. The van der Waals surface area contributed by atoms with E-state index in [1.54, 1.807) is 36.2 Å². The van der Waals surface area contributed by atoms with Gasteiger partial charge in [0.05, 0.1) is 0 Å². The van der Waals surface area contributed by atoms with Gasteiger partial charge in [-0.05, 0) is 12.6 Å². The van der Waals surface area contributed by atoms with Crippen molar-refractivity contribution < 1.29 is 9.59 Å². The van der Waals surface area contributed by atoms with Gasteiger partial charge >= 0.3 is 0 Å². The molecule has 2 aromatic carbocycles. The molecular formula is C21H21ClN2O2. The first-order valence-electron chi connectivity index (χ1n) is 8.51. The van der Waals surface area contributed by atoms with E-state index >= 15 is 0 Å². The molecule has 26 heavy (non-hydrogen) atoms. The summed E-state index contributed by atoms with van der Waals surface area (Å²) in [6, 6.07) is 17.0. The normalized spacial score (nSPS) is 14.0. The smallest absolute Gasteiger partial charge is 0.211 e. The van der Waals surface area contributed by atoms with Gasteiger partial charge in [-0.25, -0.2) is 0 Å². The highest BCUT2D eigenvalue weighted by molar-refractivity contribution is 6.49. The fourth-order valence-electron chi connectivity index (χ4n) is 3.08. The van der Waals surface area contributed by atoms with E-state index in [0.717, 1.165) is 13.1 Å². The van der Waals surface area contributed by atoms with Gasteiger partial charge in [0, 0.05) is 37.8 Å². The zero-order valence-electron chi connectivity index (χ0n) is 14.9. The molecule has 5 heteroatoms. The third kappa shape index (κ3) is 3.71. The summed E-state index contributed by atoms with van der Waals surface area (Å²) >= 11 is 6.25. The number of benzene rings is 2. The van der Waals surface area contributed by atoms with Crippen LogP contribution in [0.5, 0.6) is 0 Å². The number of halogens is 1. The van der Waals surface area contributed by atoms with E-state index in [-0.39, 0.29) is 22.3 Å². The van der Waals surface area contributed by atoms with E-state index < -0.39 is 0 Å². The zero-order chi connectivity index (χ0) is 18.7. The van der Waals surface area contributed by atoms with E-state index in [1.807, 2.05) is 25.2 Å². The van der Waals surface area contributed by atoms with Crippen LogP contribution in [0.2, 0.25) is 0 Å². The Morgan fingerprint density at radius 1 is 0.808 bits per heavy atom. The van der Waals surface area contributed by atoms with Crippen LogP contribution in [0.25, 0.3) is 0 Å². The lowest BCUT2D eigenvalue weighted by atomic mass is 9.92. The number of carbonyl (C=O) groups is 2. The van der Waals surface area contributed by atoms with Gasteiger partial charge < -0.3 is 9.80 Å². The van der Waals surface area contributed by atoms with Crippen molar-refractivity contribution in [3.8, 4) is 0 Å². The minimum Gasteiger partial charge on any atom is -0.369 e. The van der Waals surface area contributed by atoms with Gasteiger partial charge in [0.15, 0.2) is 0 Å². The van der Waals surface area contributed by atoms with Crippen molar-refractivity contribution in [3.63, 3.8) is 0 Å². The molecule has 0 amide bonds. The number of fused-ring (bicyclic) bond motifs is 1. The third-order valence-electron chi connectivity index (χ3n) is 4.53. The summed E-state index contributed by atoms with van der Waals surface area (Å²) < 4.78 is 0. The molecule has 2 aromatic rings. The van der Waals surface area contributed by atoms with E-state index in [4.69, 9.17) is 11.6 Å². The zero-order valence-corrected chi connectivity index (χ0v) is 15.7. The van der Waals surface area contributed by atoms with E-state index in [9.17, 15) is 9.59 Å². The molecule has 1 aliphatic carbocycles. The number of hydrogen-bond acceptors (Lipinski definition) is 4. The molecular weight excluding hydrogens is 348 g/mol. The van der Waals surface area contributed by atoms with Crippen LogP contribution in [-0.2, 0) is 6.54 Å². The van der Waals surface area contributed by atoms with Crippen LogP contribution < -0.4 is 0 Å². The van der Waals surface area contributed by atoms with Crippen LogP contribution in [0, 0.1) is 0 Å². The number of ketones is 2. The quantitative estimate of drug-likeness (QED) is 0.781. The Hall–Kier alpha value is -2.43. The number of allylic oxidation sites excluding steroid dienone is 2. The molecule has 1 aliphatic rings. The molecule has 3 rings (SSSR count). The monoisotopic (exact) mass is 368 g/mol. The molecule has 0 bridgehead atoms. The van der Waals surface area contributed by atoms with Crippen molar-refractivity contribution in [3.05, 3.63) is 82.0 Å². The first-order chi connectivity index (χ1) is 12.5. The number of hydrogen-bond donors (Lipinski definition) is 0. The van der Waals surface area contributed by atoms with Crippen molar-refractivity contribution in [2.24, 2.45) is 0 Å². The lowest BCUT2D eigenvalue weighted by Crippen LogP contribution is -2.35. The van der Waals surface area contributed by atoms with E-state index in [1.165, 1.54) is 5.56 Å². The Bertz CT molecular complexity index is 861.